The van der Waals surface area contributed by atoms with Gasteiger partial charge in [-0.25, -0.2) is 0 Å². The van der Waals surface area contributed by atoms with Gasteiger partial charge < -0.3 is 5.11 Å². The largest absolute Gasteiger partial charge is 0.396 e. The lowest BCUT2D eigenvalue weighted by molar-refractivity contribution is 0.237. The number of fused-ring (bicyclic) bond motifs is 1. The van der Waals surface area contributed by atoms with Crippen molar-refractivity contribution in [2.45, 2.75) is 26.7 Å². The van der Waals surface area contributed by atoms with E-state index in [0.29, 0.717) is 5.92 Å². The summed E-state index contributed by atoms with van der Waals surface area (Å²) in [6.07, 6.45) is 0. The maximum absolute atomic E-state index is 9.47. The second kappa shape index (κ2) is 4.89. The van der Waals surface area contributed by atoms with Gasteiger partial charge in [-0.1, -0.05) is 55.8 Å². The Hall–Kier alpha value is -1.34. The van der Waals surface area contributed by atoms with Gasteiger partial charge in [0.05, 0.1) is 6.61 Å². The molecule has 0 aliphatic rings. The van der Waals surface area contributed by atoms with Crippen molar-refractivity contribution in [3.63, 3.8) is 0 Å². The molecular weight excluding hydrogens is 208 g/mol. The van der Waals surface area contributed by atoms with Crippen molar-refractivity contribution >= 4 is 10.8 Å². The zero-order chi connectivity index (χ0) is 12.4. The highest BCUT2D eigenvalue weighted by Crippen LogP contribution is 2.27. The quantitative estimate of drug-likeness (QED) is 0.845. The Morgan fingerprint density at radius 3 is 2.29 bits per heavy atom. The molecule has 0 aliphatic carbocycles. The van der Waals surface area contributed by atoms with Gasteiger partial charge in [0.25, 0.3) is 0 Å². The van der Waals surface area contributed by atoms with Gasteiger partial charge in [0.15, 0.2) is 0 Å². The first-order valence-corrected chi connectivity index (χ1v) is 6.23. The third kappa shape index (κ3) is 2.50. The van der Waals surface area contributed by atoms with Gasteiger partial charge in [0.2, 0.25) is 0 Å². The van der Waals surface area contributed by atoms with E-state index in [1.165, 1.54) is 21.9 Å². The van der Waals surface area contributed by atoms with E-state index < -0.39 is 0 Å². The highest BCUT2D eigenvalue weighted by molar-refractivity contribution is 5.83. The molecule has 2 rings (SSSR count). The predicted octanol–water partition coefficient (Wildman–Crippen LogP) is 3.88. The van der Waals surface area contributed by atoms with E-state index in [1.807, 2.05) is 0 Å². The number of rotatable bonds is 3. The molecule has 1 atom stereocenters. The first kappa shape index (κ1) is 12.1. The molecule has 1 unspecified atom stereocenters. The smallest absolute Gasteiger partial charge is 0.0502 e. The van der Waals surface area contributed by atoms with Crippen LogP contribution in [-0.2, 0) is 0 Å². The molecule has 0 bridgehead atoms. The monoisotopic (exact) mass is 228 g/mol. The number of aliphatic hydroxyl groups is 1. The van der Waals surface area contributed by atoms with Crippen molar-refractivity contribution in [3.8, 4) is 0 Å². The number of hydrogen-bond donors (Lipinski definition) is 1. The van der Waals surface area contributed by atoms with Gasteiger partial charge in [-0.15, -0.1) is 0 Å². The third-order valence-corrected chi connectivity index (χ3v) is 3.45. The second-order valence-corrected chi connectivity index (χ2v) is 5.14. The van der Waals surface area contributed by atoms with Crippen LogP contribution in [0.4, 0.5) is 0 Å². The fourth-order valence-corrected chi connectivity index (χ4v) is 2.32. The number of aryl methyl sites for hydroxylation is 1. The predicted molar refractivity (Wildman–Crippen MR) is 73.3 cm³/mol. The van der Waals surface area contributed by atoms with E-state index in [2.05, 4.69) is 57.2 Å². The van der Waals surface area contributed by atoms with Crippen molar-refractivity contribution in [3.05, 3.63) is 47.5 Å². The maximum atomic E-state index is 9.47. The first-order chi connectivity index (χ1) is 8.11. The third-order valence-electron chi connectivity index (χ3n) is 3.45. The molecule has 0 heterocycles. The highest BCUT2D eigenvalue weighted by atomic mass is 16.3. The van der Waals surface area contributed by atoms with Crippen LogP contribution < -0.4 is 0 Å². The fraction of sp³-hybridized carbons (Fsp3) is 0.375. The number of aliphatic hydroxyl groups excluding tert-OH is 1. The zero-order valence-corrected chi connectivity index (χ0v) is 10.8. The van der Waals surface area contributed by atoms with Crippen molar-refractivity contribution in [1.82, 2.24) is 0 Å². The van der Waals surface area contributed by atoms with E-state index in [4.69, 9.17) is 0 Å². The van der Waals surface area contributed by atoms with Gasteiger partial charge >= 0.3 is 0 Å². The average Bonchev–Trinajstić information content (AvgIpc) is 2.29. The summed E-state index contributed by atoms with van der Waals surface area (Å²) in [6.45, 7) is 6.63. The molecule has 0 saturated heterocycles. The Bertz CT molecular complexity index is 514. The summed E-state index contributed by atoms with van der Waals surface area (Å²) in [5.41, 5.74) is 2.52. The Labute approximate surface area is 103 Å². The van der Waals surface area contributed by atoms with E-state index in [9.17, 15) is 5.11 Å². The summed E-state index contributed by atoms with van der Waals surface area (Å²) < 4.78 is 0. The minimum atomic E-state index is 0.217. The summed E-state index contributed by atoms with van der Waals surface area (Å²) in [5, 5.41) is 12.0. The summed E-state index contributed by atoms with van der Waals surface area (Å²) in [6, 6.07) is 13.0. The Morgan fingerprint density at radius 1 is 1.00 bits per heavy atom. The molecule has 1 N–H and O–H groups in total. The van der Waals surface area contributed by atoms with E-state index in [-0.39, 0.29) is 12.5 Å². The molecule has 0 amide bonds. The molecule has 0 radical (unpaired) electrons. The number of hydrogen-bond acceptors (Lipinski definition) is 1. The van der Waals surface area contributed by atoms with Crippen molar-refractivity contribution in [2.75, 3.05) is 6.61 Å². The standard InChI is InChI=1S/C16H20O/c1-11(2)16(10-17)15-7-6-13-8-12(3)4-5-14(13)9-15/h4-9,11,16-17H,10H2,1-3H3. The zero-order valence-electron chi connectivity index (χ0n) is 10.8. The molecule has 1 heteroatoms. The first-order valence-electron chi connectivity index (χ1n) is 6.23. The van der Waals surface area contributed by atoms with Crippen molar-refractivity contribution in [1.29, 1.82) is 0 Å². The van der Waals surface area contributed by atoms with E-state index >= 15 is 0 Å². The molecule has 90 valence electrons. The molecule has 0 aromatic heterocycles. The fourth-order valence-electron chi connectivity index (χ4n) is 2.32. The maximum Gasteiger partial charge on any atom is 0.0502 e. The summed E-state index contributed by atoms with van der Waals surface area (Å²) in [7, 11) is 0. The van der Waals surface area contributed by atoms with Crippen LogP contribution in [-0.4, -0.2) is 11.7 Å². The molecule has 1 nitrogen and oxygen atoms in total. The van der Waals surface area contributed by atoms with Crippen LogP contribution in [0.15, 0.2) is 36.4 Å². The van der Waals surface area contributed by atoms with Gasteiger partial charge in [-0.05, 0) is 29.2 Å². The van der Waals surface area contributed by atoms with Crippen LogP contribution >= 0.6 is 0 Å². The summed E-state index contributed by atoms with van der Waals surface area (Å²) in [4.78, 5) is 0. The Kier molecular flexibility index (Phi) is 3.49. The Balaban J connectivity index is 2.47. The molecule has 0 aliphatic heterocycles. The second-order valence-electron chi connectivity index (χ2n) is 5.14. The summed E-state index contributed by atoms with van der Waals surface area (Å²) in [5.74, 6) is 0.698. The van der Waals surface area contributed by atoms with Gasteiger partial charge in [-0.3, -0.25) is 0 Å². The molecule has 0 fully saturated rings. The molecule has 0 spiro atoms. The summed E-state index contributed by atoms with van der Waals surface area (Å²) >= 11 is 0. The van der Waals surface area contributed by atoms with Crippen LogP contribution in [0, 0.1) is 12.8 Å². The van der Waals surface area contributed by atoms with Crippen LogP contribution in [0.5, 0.6) is 0 Å². The minimum Gasteiger partial charge on any atom is -0.396 e. The Morgan fingerprint density at radius 2 is 1.65 bits per heavy atom. The molecule has 17 heavy (non-hydrogen) atoms. The van der Waals surface area contributed by atoms with Crippen molar-refractivity contribution < 1.29 is 5.11 Å². The molecule has 0 saturated carbocycles. The van der Waals surface area contributed by atoms with Gasteiger partial charge in [-0.2, -0.15) is 0 Å². The lowest BCUT2D eigenvalue weighted by atomic mass is 9.88. The number of benzene rings is 2. The highest BCUT2D eigenvalue weighted by Gasteiger charge is 2.14. The van der Waals surface area contributed by atoms with Gasteiger partial charge in [0, 0.05) is 5.92 Å². The molecular formula is C16H20O. The molecule has 2 aromatic rings. The van der Waals surface area contributed by atoms with Crippen molar-refractivity contribution in [2.24, 2.45) is 5.92 Å². The van der Waals surface area contributed by atoms with Crippen LogP contribution in [0.2, 0.25) is 0 Å². The van der Waals surface area contributed by atoms with Crippen LogP contribution in [0.3, 0.4) is 0 Å². The van der Waals surface area contributed by atoms with E-state index in [1.54, 1.807) is 0 Å². The SMILES string of the molecule is Cc1ccc2cc(C(CO)C(C)C)ccc2c1. The van der Waals surface area contributed by atoms with Crippen LogP contribution in [0.1, 0.15) is 30.9 Å². The minimum absolute atomic E-state index is 0.217. The van der Waals surface area contributed by atoms with Gasteiger partial charge in [0.1, 0.15) is 0 Å². The lowest BCUT2D eigenvalue weighted by Crippen LogP contribution is -2.10. The normalized spacial score (nSPS) is 13.2. The molecule has 2 aromatic carbocycles. The average molecular weight is 228 g/mol. The lowest BCUT2D eigenvalue weighted by Gasteiger charge is -2.19. The van der Waals surface area contributed by atoms with Crippen LogP contribution in [0.25, 0.3) is 10.8 Å². The topological polar surface area (TPSA) is 20.2 Å². The van der Waals surface area contributed by atoms with E-state index in [0.717, 1.165) is 0 Å².